The Bertz CT molecular complexity index is 1330. The lowest BCUT2D eigenvalue weighted by Gasteiger charge is -2.32. The van der Waals surface area contributed by atoms with E-state index in [1.54, 1.807) is 24.0 Å². The topological polar surface area (TPSA) is 96.7 Å². The van der Waals surface area contributed by atoms with Crippen LogP contribution in [0.3, 0.4) is 0 Å². The van der Waals surface area contributed by atoms with Crippen LogP contribution in [0.1, 0.15) is 30.0 Å². The summed E-state index contributed by atoms with van der Waals surface area (Å²) in [6, 6.07) is 13.3. The number of nitrogens with zero attached hydrogens (tertiary/aromatic N) is 5. The Morgan fingerprint density at radius 1 is 1.23 bits per heavy atom. The molecule has 1 aliphatic heterocycles. The maximum absolute atomic E-state index is 13.1. The molecule has 0 spiro atoms. The first-order chi connectivity index (χ1) is 17.1. The molecule has 3 aromatic heterocycles. The summed E-state index contributed by atoms with van der Waals surface area (Å²) in [5.41, 5.74) is 3.41. The number of carbonyl (C=O) groups is 1. The average molecular weight is 536 g/mol. The lowest BCUT2D eigenvalue weighted by molar-refractivity contribution is 0.192. The number of carbonyl (C=O) groups excluding carboxylic acids is 1. The fourth-order valence-corrected chi connectivity index (χ4v) is 4.68. The number of hydrogen-bond donors (Lipinski definition) is 2. The molecule has 0 saturated carbocycles. The highest BCUT2D eigenvalue weighted by molar-refractivity contribution is 9.10. The maximum atomic E-state index is 13.1. The third-order valence-electron chi connectivity index (χ3n) is 6.12. The minimum absolute atomic E-state index is 0.109. The van der Waals surface area contributed by atoms with Gasteiger partial charge in [-0.15, -0.1) is 0 Å². The molecule has 0 radical (unpaired) electrons. The van der Waals surface area contributed by atoms with Gasteiger partial charge in [-0.3, -0.25) is 4.98 Å². The molecule has 35 heavy (non-hydrogen) atoms. The number of ether oxygens (including phenoxy) is 1. The van der Waals surface area contributed by atoms with Crippen LogP contribution in [0.5, 0.6) is 5.75 Å². The average Bonchev–Trinajstić information content (AvgIpc) is 3.29. The zero-order chi connectivity index (χ0) is 24.2. The zero-order valence-electron chi connectivity index (χ0n) is 19.3. The van der Waals surface area contributed by atoms with E-state index in [0.29, 0.717) is 31.1 Å². The SMILES string of the molecule is COc1ccccc1NC(=O)N1CCCC(c2cc(NCc3cccnc3)n3ncc(Br)c3n2)C1. The zero-order valence-corrected chi connectivity index (χ0v) is 20.9. The van der Waals surface area contributed by atoms with Crippen LogP contribution in [0.15, 0.2) is 65.5 Å². The number of fused-ring (bicyclic) bond motifs is 1. The van der Waals surface area contributed by atoms with Crippen molar-refractivity contribution in [1.82, 2.24) is 24.5 Å². The van der Waals surface area contributed by atoms with Crippen LogP contribution in [0, 0.1) is 0 Å². The smallest absolute Gasteiger partial charge is 0.321 e. The molecule has 180 valence electrons. The quantitative estimate of drug-likeness (QED) is 0.363. The Kier molecular flexibility index (Phi) is 6.80. The van der Waals surface area contributed by atoms with Gasteiger partial charge in [0.15, 0.2) is 5.65 Å². The molecule has 1 fully saturated rings. The van der Waals surface area contributed by atoms with Crippen molar-refractivity contribution in [1.29, 1.82) is 0 Å². The van der Waals surface area contributed by atoms with Crippen molar-refractivity contribution in [3.05, 3.63) is 76.8 Å². The van der Waals surface area contributed by atoms with Crippen molar-refractivity contribution in [2.24, 2.45) is 0 Å². The molecule has 2 amide bonds. The van der Waals surface area contributed by atoms with Crippen molar-refractivity contribution in [3.63, 3.8) is 0 Å². The van der Waals surface area contributed by atoms with Crippen LogP contribution in [0.4, 0.5) is 16.3 Å². The second-order valence-electron chi connectivity index (χ2n) is 8.42. The second kappa shape index (κ2) is 10.3. The fourth-order valence-electron chi connectivity index (χ4n) is 4.33. The molecule has 0 bridgehead atoms. The minimum Gasteiger partial charge on any atom is -0.495 e. The number of likely N-dealkylation sites (tertiary alicyclic amines) is 1. The van der Waals surface area contributed by atoms with Gasteiger partial charge in [0.2, 0.25) is 0 Å². The summed E-state index contributed by atoms with van der Waals surface area (Å²) in [5.74, 6) is 1.59. The molecule has 2 N–H and O–H groups in total. The summed E-state index contributed by atoms with van der Waals surface area (Å²) in [7, 11) is 1.60. The second-order valence-corrected chi connectivity index (χ2v) is 9.28. The van der Waals surface area contributed by atoms with Gasteiger partial charge in [0, 0.05) is 44.0 Å². The van der Waals surface area contributed by atoms with E-state index in [4.69, 9.17) is 9.72 Å². The number of methoxy groups -OCH3 is 1. The summed E-state index contributed by atoms with van der Waals surface area (Å²) in [6.07, 6.45) is 7.20. The minimum atomic E-state index is -0.138. The molecular formula is C25H26BrN7O2. The number of aromatic nitrogens is 4. The van der Waals surface area contributed by atoms with Gasteiger partial charge in [0.1, 0.15) is 11.6 Å². The summed E-state index contributed by atoms with van der Waals surface area (Å²) in [5, 5.41) is 10.9. The predicted molar refractivity (Wildman–Crippen MR) is 138 cm³/mol. The third-order valence-corrected chi connectivity index (χ3v) is 6.68. The molecule has 1 saturated heterocycles. The van der Waals surface area contributed by atoms with E-state index in [-0.39, 0.29) is 11.9 Å². The fraction of sp³-hybridized carbons (Fsp3) is 0.280. The van der Waals surface area contributed by atoms with Gasteiger partial charge in [-0.25, -0.2) is 9.78 Å². The highest BCUT2D eigenvalue weighted by Crippen LogP contribution is 2.31. The van der Waals surface area contributed by atoms with E-state index >= 15 is 0 Å². The first-order valence-corrected chi connectivity index (χ1v) is 12.3. The standard InChI is InChI=1S/C25H26BrN7O2/c1-35-22-9-3-2-8-20(22)31-25(34)32-11-5-7-18(16-32)21-12-23(28-14-17-6-4-10-27-13-17)33-24(30-21)19(26)15-29-33/h2-4,6,8-10,12-13,15,18,28H,5,7,11,14,16H2,1H3,(H,31,34). The van der Waals surface area contributed by atoms with Gasteiger partial charge in [0.25, 0.3) is 0 Å². The Morgan fingerprint density at radius 2 is 2.11 bits per heavy atom. The van der Waals surface area contributed by atoms with Gasteiger partial charge in [-0.05, 0) is 52.5 Å². The van der Waals surface area contributed by atoms with Crippen LogP contribution >= 0.6 is 15.9 Å². The van der Waals surface area contributed by atoms with Crippen molar-refractivity contribution in [2.45, 2.75) is 25.3 Å². The number of benzene rings is 1. The molecule has 1 aromatic carbocycles. The van der Waals surface area contributed by atoms with Crippen LogP contribution in [-0.4, -0.2) is 50.7 Å². The van der Waals surface area contributed by atoms with E-state index in [0.717, 1.165) is 40.0 Å². The van der Waals surface area contributed by atoms with Gasteiger partial charge in [0.05, 0.1) is 29.2 Å². The van der Waals surface area contributed by atoms with Gasteiger partial charge >= 0.3 is 6.03 Å². The molecule has 4 heterocycles. The van der Waals surface area contributed by atoms with Gasteiger partial charge < -0.3 is 20.3 Å². The molecule has 0 aliphatic carbocycles. The number of pyridine rings is 1. The largest absolute Gasteiger partial charge is 0.495 e. The van der Waals surface area contributed by atoms with Gasteiger partial charge in [-0.1, -0.05) is 18.2 Å². The van der Waals surface area contributed by atoms with E-state index in [9.17, 15) is 4.79 Å². The number of halogens is 1. The number of para-hydroxylation sites is 2. The third kappa shape index (κ3) is 5.07. The number of rotatable bonds is 6. The highest BCUT2D eigenvalue weighted by atomic mass is 79.9. The molecule has 5 rings (SSSR count). The molecule has 1 unspecified atom stereocenters. The first-order valence-electron chi connectivity index (χ1n) is 11.5. The lowest BCUT2D eigenvalue weighted by atomic mass is 9.94. The Labute approximate surface area is 211 Å². The molecule has 9 nitrogen and oxygen atoms in total. The molecule has 4 aromatic rings. The molecule has 1 aliphatic rings. The summed E-state index contributed by atoms with van der Waals surface area (Å²) >= 11 is 3.57. The van der Waals surface area contributed by atoms with Crippen LogP contribution in [-0.2, 0) is 6.54 Å². The highest BCUT2D eigenvalue weighted by Gasteiger charge is 2.27. The summed E-state index contributed by atoms with van der Waals surface area (Å²) < 4.78 is 7.98. The van der Waals surface area contributed by atoms with Crippen molar-refractivity contribution >= 4 is 39.1 Å². The molecular weight excluding hydrogens is 510 g/mol. The normalized spacial score (nSPS) is 15.7. The maximum Gasteiger partial charge on any atom is 0.321 e. The van der Waals surface area contributed by atoms with Crippen LogP contribution in [0.25, 0.3) is 5.65 Å². The van der Waals surface area contributed by atoms with Crippen molar-refractivity contribution < 1.29 is 9.53 Å². The Balaban J connectivity index is 1.36. The number of nitrogens with one attached hydrogen (secondary N) is 2. The number of hydrogen-bond acceptors (Lipinski definition) is 6. The Hall–Kier alpha value is -3.66. The Morgan fingerprint density at radius 3 is 2.94 bits per heavy atom. The van der Waals surface area contributed by atoms with E-state index in [1.165, 1.54) is 0 Å². The van der Waals surface area contributed by atoms with Crippen molar-refractivity contribution in [2.75, 3.05) is 30.8 Å². The number of urea groups is 1. The molecule has 10 heteroatoms. The monoisotopic (exact) mass is 535 g/mol. The predicted octanol–water partition coefficient (Wildman–Crippen LogP) is 4.92. The lowest BCUT2D eigenvalue weighted by Crippen LogP contribution is -2.41. The van der Waals surface area contributed by atoms with Crippen molar-refractivity contribution in [3.8, 4) is 5.75 Å². The van der Waals surface area contributed by atoms with E-state index in [1.807, 2.05) is 53.6 Å². The molecule has 1 atom stereocenters. The summed E-state index contributed by atoms with van der Waals surface area (Å²) in [4.78, 5) is 24.0. The van der Waals surface area contributed by atoms with Crippen LogP contribution < -0.4 is 15.4 Å². The summed E-state index contributed by atoms with van der Waals surface area (Å²) in [6.45, 7) is 1.89. The number of piperidine rings is 1. The van der Waals surface area contributed by atoms with Gasteiger partial charge in [-0.2, -0.15) is 9.61 Å². The number of amides is 2. The number of anilines is 2. The van der Waals surface area contributed by atoms with Crippen LogP contribution in [0.2, 0.25) is 0 Å². The first kappa shape index (κ1) is 23.1. The van der Waals surface area contributed by atoms with E-state index in [2.05, 4.69) is 36.6 Å². The van der Waals surface area contributed by atoms with E-state index < -0.39 is 0 Å².